The average molecular weight is 287 g/mol. The van der Waals surface area contributed by atoms with Gasteiger partial charge in [0.1, 0.15) is 5.60 Å². The Kier molecular flexibility index (Phi) is 5.53. The second-order valence-corrected chi connectivity index (χ2v) is 5.64. The van der Waals surface area contributed by atoms with Gasteiger partial charge in [0.05, 0.1) is 6.61 Å². The van der Waals surface area contributed by atoms with Gasteiger partial charge in [-0.15, -0.1) is 0 Å². The molecule has 1 fully saturated rings. The molecule has 1 saturated heterocycles. The summed E-state index contributed by atoms with van der Waals surface area (Å²) in [7, 11) is 0. The molecule has 1 aliphatic heterocycles. The average Bonchev–Trinajstić information content (AvgIpc) is 2.36. The fraction of sp³-hybridized carbons (Fsp3) is 0.714. The van der Waals surface area contributed by atoms with Gasteiger partial charge >= 0.3 is 12.1 Å². The molecule has 0 bridgehead atoms. The summed E-state index contributed by atoms with van der Waals surface area (Å²) >= 11 is 0. The van der Waals surface area contributed by atoms with Crippen LogP contribution in [0.5, 0.6) is 0 Å². The van der Waals surface area contributed by atoms with Crippen LogP contribution < -0.4 is 0 Å². The van der Waals surface area contributed by atoms with Crippen molar-refractivity contribution in [2.75, 3.05) is 19.7 Å². The van der Waals surface area contributed by atoms with Crippen molar-refractivity contribution in [3.8, 4) is 0 Å². The first kappa shape index (κ1) is 16.5. The summed E-state index contributed by atoms with van der Waals surface area (Å²) in [5.74, 6) is -1.85. The standard InChI is InChI=1S/C14H22FNO4/c1-5-19-12(17)11(15)10-7-6-8-16(9-10)13(18)20-14(2,3)4/h5-9H2,1-4H3/b11-10-. The van der Waals surface area contributed by atoms with E-state index in [9.17, 15) is 14.0 Å². The summed E-state index contributed by atoms with van der Waals surface area (Å²) in [6.45, 7) is 7.60. The molecule has 0 N–H and O–H groups in total. The molecule has 1 rings (SSSR count). The predicted octanol–water partition coefficient (Wildman–Crippen LogP) is 2.80. The minimum absolute atomic E-state index is 0.0690. The third-order valence-electron chi connectivity index (χ3n) is 2.71. The van der Waals surface area contributed by atoms with Gasteiger partial charge in [0.2, 0.25) is 5.83 Å². The van der Waals surface area contributed by atoms with Gasteiger partial charge in [-0.3, -0.25) is 0 Å². The van der Waals surface area contributed by atoms with Crippen molar-refractivity contribution in [1.82, 2.24) is 4.90 Å². The highest BCUT2D eigenvalue weighted by molar-refractivity contribution is 5.87. The topological polar surface area (TPSA) is 55.8 Å². The molecule has 0 aliphatic carbocycles. The molecule has 1 heterocycles. The van der Waals surface area contributed by atoms with Gasteiger partial charge in [0.25, 0.3) is 0 Å². The Bertz CT molecular complexity index is 412. The molecule has 0 aromatic rings. The summed E-state index contributed by atoms with van der Waals surface area (Å²) in [6.07, 6.45) is 0.553. The largest absolute Gasteiger partial charge is 0.461 e. The van der Waals surface area contributed by atoms with Gasteiger partial charge in [-0.2, -0.15) is 4.39 Å². The van der Waals surface area contributed by atoms with E-state index in [1.165, 1.54) is 4.90 Å². The van der Waals surface area contributed by atoms with Crippen molar-refractivity contribution in [2.24, 2.45) is 0 Å². The lowest BCUT2D eigenvalue weighted by Gasteiger charge is -2.31. The highest BCUT2D eigenvalue weighted by Crippen LogP contribution is 2.22. The molecule has 0 radical (unpaired) electrons. The number of carbonyl (C=O) groups is 2. The smallest absolute Gasteiger partial charge is 0.410 e. The number of amides is 1. The predicted molar refractivity (Wildman–Crippen MR) is 71.8 cm³/mol. The van der Waals surface area contributed by atoms with E-state index in [0.29, 0.717) is 25.0 Å². The normalized spacial score (nSPS) is 18.6. The zero-order valence-corrected chi connectivity index (χ0v) is 12.5. The van der Waals surface area contributed by atoms with Crippen molar-refractivity contribution in [3.05, 3.63) is 11.4 Å². The minimum atomic E-state index is -0.964. The second kappa shape index (κ2) is 6.72. The van der Waals surface area contributed by atoms with E-state index in [4.69, 9.17) is 4.74 Å². The van der Waals surface area contributed by atoms with Gasteiger partial charge in [-0.1, -0.05) is 0 Å². The molecular formula is C14H22FNO4. The Labute approximate surface area is 118 Å². The first-order chi connectivity index (χ1) is 9.24. The van der Waals surface area contributed by atoms with Crippen LogP contribution in [0.2, 0.25) is 0 Å². The first-order valence-electron chi connectivity index (χ1n) is 6.77. The number of ether oxygens (including phenoxy) is 2. The van der Waals surface area contributed by atoms with Crippen molar-refractivity contribution in [2.45, 2.75) is 46.1 Å². The SMILES string of the molecule is CCOC(=O)/C(F)=C1\CCCN(C(=O)OC(C)(C)C)C1. The lowest BCUT2D eigenvalue weighted by atomic mass is 10.0. The molecule has 0 aromatic carbocycles. The van der Waals surface area contributed by atoms with Gasteiger partial charge in [0.15, 0.2) is 0 Å². The van der Waals surface area contributed by atoms with E-state index >= 15 is 0 Å². The van der Waals surface area contributed by atoms with Crippen LogP contribution in [-0.2, 0) is 14.3 Å². The van der Waals surface area contributed by atoms with E-state index in [-0.39, 0.29) is 13.2 Å². The lowest BCUT2D eigenvalue weighted by molar-refractivity contribution is -0.140. The van der Waals surface area contributed by atoms with E-state index in [0.717, 1.165) is 0 Å². The van der Waals surface area contributed by atoms with Gasteiger partial charge in [0, 0.05) is 13.1 Å². The second-order valence-electron chi connectivity index (χ2n) is 5.64. The molecule has 5 nitrogen and oxygen atoms in total. The number of likely N-dealkylation sites (tertiary alicyclic amines) is 1. The molecular weight excluding hydrogens is 265 g/mol. The number of rotatable bonds is 2. The van der Waals surface area contributed by atoms with Crippen LogP contribution in [0.3, 0.4) is 0 Å². The summed E-state index contributed by atoms with van der Waals surface area (Å²) in [5, 5.41) is 0. The number of hydrogen-bond donors (Lipinski definition) is 0. The molecule has 0 atom stereocenters. The number of halogens is 1. The molecule has 0 aromatic heterocycles. The van der Waals surface area contributed by atoms with Crippen LogP contribution in [0, 0.1) is 0 Å². The Morgan fingerprint density at radius 1 is 1.35 bits per heavy atom. The van der Waals surface area contributed by atoms with Crippen molar-refractivity contribution < 1.29 is 23.5 Å². The molecule has 0 saturated carbocycles. The fourth-order valence-electron chi connectivity index (χ4n) is 1.87. The van der Waals surface area contributed by atoms with Crippen molar-refractivity contribution in [1.29, 1.82) is 0 Å². The maximum absolute atomic E-state index is 13.9. The maximum atomic E-state index is 13.9. The zero-order chi connectivity index (χ0) is 15.3. The molecule has 20 heavy (non-hydrogen) atoms. The highest BCUT2D eigenvalue weighted by Gasteiger charge is 2.28. The molecule has 1 amide bonds. The molecule has 0 spiro atoms. The van der Waals surface area contributed by atoms with E-state index < -0.39 is 23.5 Å². The van der Waals surface area contributed by atoms with Crippen LogP contribution in [0.1, 0.15) is 40.5 Å². The monoisotopic (exact) mass is 287 g/mol. The summed E-state index contributed by atoms with van der Waals surface area (Å²) in [4.78, 5) is 24.7. The number of hydrogen-bond acceptors (Lipinski definition) is 4. The van der Waals surface area contributed by atoms with Gasteiger partial charge in [-0.25, -0.2) is 9.59 Å². The van der Waals surface area contributed by atoms with Crippen LogP contribution in [0.4, 0.5) is 9.18 Å². The number of piperidine rings is 1. The Balaban J connectivity index is 2.74. The fourth-order valence-corrected chi connectivity index (χ4v) is 1.87. The van der Waals surface area contributed by atoms with Crippen LogP contribution in [0.15, 0.2) is 11.4 Å². The molecule has 114 valence electrons. The highest BCUT2D eigenvalue weighted by atomic mass is 19.1. The quantitative estimate of drug-likeness (QED) is 0.579. The zero-order valence-electron chi connectivity index (χ0n) is 12.5. The van der Waals surface area contributed by atoms with E-state index in [1.54, 1.807) is 27.7 Å². The van der Waals surface area contributed by atoms with Gasteiger partial charge in [-0.05, 0) is 46.1 Å². The van der Waals surface area contributed by atoms with Crippen molar-refractivity contribution in [3.63, 3.8) is 0 Å². The Morgan fingerprint density at radius 3 is 2.55 bits per heavy atom. The van der Waals surface area contributed by atoms with E-state index in [2.05, 4.69) is 4.74 Å². The number of esters is 1. The Morgan fingerprint density at radius 2 is 2.00 bits per heavy atom. The lowest BCUT2D eigenvalue weighted by Crippen LogP contribution is -2.41. The number of carbonyl (C=O) groups excluding carboxylic acids is 2. The molecule has 6 heteroatoms. The van der Waals surface area contributed by atoms with E-state index in [1.807, 2.05) is 0 Å². The van der Waals surface area contributed by atoms with Crippen LogP contribution in [-0.4, -0.2) is 42.3 Å². The summed E-state index contributed by atoms with van der Waals surface area (Å²) < 4.78 is 23.7. The first-order valence-corrected chi connectivity index (χ1v) is 6.77. The maximum Gasteiger partial charge on any atom is 0.410 e. The van der Waals surface area contributed by atoms with Gasteiger partial charge < -0.3 is 14.4 Å². The third kappa shape index (κ3) is 4.83. The summed E-state index contributed by atoms with van der Waals surface area (Å²) in [6, 6.07) is 0. The minimum Gasteiger partial charge on any atom is -0.461 e. The van der Waals surface area contributed by atoms with Crippen LogP contribution in [0.25, 0.3) is 0 Å². The molecule has 1 aliphatic rings. The molecule has 0 unspecified atom stereocenters. The summed E-state index contributed by atoms with van der Waals surface area (Å²) in [5.41, 5.74) is -0.307. The van der Waals surface area contributed by atoms with Crippen LogP contribution >= 0.6 is 0 Å². The van der Waals surface area contributed by atoms with Crippen molar-refractivity contribution >= 4 is 12.1 Å². The Hall–Kier alpha value is -1.59. The third-order valence-corrected chi connectivity index (χ3v) is 2.71. The number of nitrogens with zero attached hydrogens (tertiary/aromatic N) is 1.